The lowest BCUT2D eigenvalue weighted by Crippen LogP contribution is -2.17. The van der Waals surface area contributed by atoms with Crippen LogP contribution in [0.25, 0.3) is 0 Å². The molecule has 0 heterocycles. The lowest BCUT2D eigenvalue weighted by molar-refractivity contribution is -0.131. The molecule has 0 atom stereocenters. The zero-order valence-electron chi connectivity index (χ0n) is 13.1. The first-order chi connectivity index (χ1) is 11.9. The highest BCUT2D eigenvalue weighted by Crippen LogP contribution is 2.25. The molecule has 2 rings (SSSR count). The van der Waals surface area contributed by atoms with Crippen LogP contribution in [-0.2, 0) is 9.59 Å². The largest absolute Gasteiger partial charge is 0.426 e. The van der Waals surface area contributed by atoms with Crippen LogP contribution in [-0.4, -0.2) is 23.7 Å². The molecule has 0 aliphatic carbocycles. The normalized spacial score (nSPS) is 10.0. The van der Waals surface area contributed by atoms with Crippen molar-refractivity contribution < 1.29 is 19.1 Å². The van der Waals surface area contributed by atoms with E-state index < -0.39 is 17.8 Å². The molecule has 0 saturated heterocycles. The van der Waals surface area contributed by atoms with Crippen LogP contribution in [0.4, 0.5) is 11.4 Å². The number of hydrogen-bond acceptors (Lipinski definition) is 4. The Balaban J connectivity index is 2.33. The van der Waals surface area contributed by atoms with Gasteiger partial charge in [0.2, 0.25) is 5.91 Å². The monoisotopic (exact) mass is 424 g/mol. The molecule has 0 unspecified atom stereocenters. The molecule has 0 aromatic heterocycles. The Morgan fingerprint density at radius 1 is 1.08 bits per heavy atom. The molecular formula is C17H14BrClN2O4. The van der Waals surface area contributed by atoms with Crippen LogP contribution in [0.5, 0.6) is 5.75 Å². The van der Waals surface area contributed by atoms with Crippen LogP contribution in [0, 0.1) is 0 Å². The number of nitrogens with one attached hydrogen (secondary N) is 2. The van der Waals surface area contributed by atoms with E-state index in [9.17, 15) is 14.4 Å². The maximum Gasteiger partial charge on any atom is 0.308 e. The highest BCUT2D eigenvalue weighted by atomic mass is 79.9. The summed E-state index contributed by atoms with van der Waals surface area (Å²) in [6, 6.07) is 11.4. The average Bonchev–Trinajstić information content (AvgIpc) is 2.55. The highest BCUT2D eigenvalue weighted by Gasteiger charge is 2.16. The SMILES string of the molecule is CC(=O)Oc1ccc(NC(=O)CCl)cc1C(=O)Nc1cccc(Br)c1. The van der Waals surface area contributed by atoms with Gasteiger partial charge in [0, 0.05) is 22.8 Å². The molecule has 2 aromatic rings. The quantitative estimate of drug-likeness (QED) is 0.433. The minimum absolute atomic E-state index is 0.0869. The fourth-order valence-corrected chi connectivity index (χ4v) is 2.45. The lowest BCUT2D eigenvalue weighted by atomic mass is 10.1. The lowest BCUT2D eigenvalue weighted by Gasteiger charge is -2.12. The Bertz CT molecular complexity index is 826. The molecule has 0 aliphatic rings. The van der Waals surface area contributed by atoms with Gasteiger partial charge in [0.15, 0.2) is 0 Å². The summed E-state index contributed by atoms with van der Waals surface area (Å²) < 4.78 is 5.87. The number of halogens is 2. The Hall–Kier alpha value is -2.38. The molecule has 8 heteroatoms. The van der Waals surface area contributed by atoms with Gasteiger partial charge in [0.25, 0.3) is 5.91 Å². The van der Waals surface area contributed by atoms with Crippen molar-refractivity contribution in [2.75, 3.05) is 16.5 Å². The van der Waals surface area contributed by atoms with Gasteiger partial charge in [-0.05, 0) is 36.4 Å². The summed E-state index contributed by atoms with van der Waals surface area (Å²) in [6.45, 7) is 1.24. The summed E-state index contributed by atoms with van der Waals surface area (Å²) in [4.78, 5) is 35.3. The number of hydrogen-bond donors (Lipinski definition) is 2. The number of rotatable bonds is 5. The van der Waals surface area contributed by atoms with Gasteiger partial charge in [-0.3, -0.25) is 14.4 Å². The fourth-order valence-electron chi connectivity index (χ4n) is 1.99. The molecule has 130 valence electrons. The summed E-state index contributed by atoms with van der Waals surface area (Å²) in [7, 11) is 0. The number of amides is 2. The first kappa shape index (κ1) is 19.0. The van der Waals surface area contributed by atoms with Crippen LogP contribution < -0.4 is 15.4 Å². The molecule has 6 nitrogen and oxygen atoms in total. The number of esters is 1. The van der Waals surface area contributed by atoms with Gasteiger partial charge in [0.05, 0.1) is 5.56 Å². The van der Waals surface area contributed by atoms with Crippen molar-refractivity contribution in [2.24, 2.45) is 0 Å². The Labute approximate surface area is 157 Å². The summed E-state index contributed by atoms with van der Waals surface area (Å²) in [5.74, 6) is -1.60. The molecule has 0 radical (unpaired) electrons. The van der Waals surface area contributed by atoms with E-state index in [1.165, 1.54) is 25.1 Å². The van der Waals surface area contributed by atoms with E-state index in [0.717, 1.165) is 4.47 Å². The van der Waals surface area contributed by atoms with Crippen molar-refractivity contribution in [1.82, 2.24) is 0 Å². The zero-order valence-corrected chi connectivity index (χ0v) is 15.5. The second-order valence-corrected chi connectivity index (χ2v) is 6.13. The Morgan fingerprint density at radius 3 is 2.44 bits per heavy atom. The molecule has 0 bridgehead atoms. The van der Waals surface area contributed by atoms with Gasteiger partial charge in [-0.15, -0.1) is 11.6 Å². The molecule has 0 spiro atoms. The second-order valence-electron chi connectivity index (χ2n) is 4.95. The van der Waals surface area contributed by atoms with Crippen LogP contribution >= 0.6 is 27.5 Å². The second kappa shape index (κ2) is 8.64. The third-order valence-corrected chi connectivity index (χ3v) is 3.70. The molecule has 0 saturated carbocycles. The predicted molar refractivity (Wildman–Crippen MR) is 99.2 cm³/mol. The van der Waals surface area contributed by atoms with Crippen molar-refractivity contribution >= 4 is 56.7 Å². The van der Waals surface area contributed by atoms with Gasteiger partial charge in [-0.25, -0.2) is 0 Å². The number of ether oxygens (including phenoxy) is 1. The Morgan fingerprint density at radius 2 is 1.80 bits per heavy atom. The van der Waals surface area contributed by atoms with Gasteiger partial charge < -0.3 is 15.4 Å². The highest BCUT2D eigenvalue weighted by molar-refractivity contribution is 9.10. The van der Waals surface area contributed by atoms with Crippen LogP contribution in [0.2, 0.25) is 0 Å². The molecular weight excluding hydrogens is 412 g/mol. The minimum atomic E-state index is -0.561. The molecule has 2 amide bonds. The average molecular weight is 426 g/mol. The van der Waals surface area contributed by atoms with E-state index in [2.05, 4.69) is 26.6 Å². The summed E-state index contributed by atoms with van der Waals surface area (Å²) >= 11 is 8.78. The van der Waals surface area contributed by atoms with E-state index in [1.54, 1.807) is 18.2 Å². The fraction of sp³-hybridized carbons (Fsp3) is 0.118. The van der Waals surface area contributed by atoms with Crippen molar-refractivity contribution in [2.45, 2.75) is 6.92 Å². The first-order valence-corrected chi connectivity index (χ1v) is 8.47. The van der Waals surface area contributed by atoms with E-state index in [-0.39, 0.29) is 17.2 Å². The minimum Gasteiger partial charge on any atom is -0.426 e. The molecule has 2 aromatic carbocycles. The van der Waals surface area contributed by atoms with Crippen molar-refractivity contribution in [1.29, 1.82) is 0 Å². The first-order valence-electron chi connectivity index (χ1n) is 7.14. The van der Waals surface area contributed by atoms with Gasteiger partial charge >= 0.3 is 5.97 Å². The van der Waals surface area contributed by atoms with E-state index in [0.29, 0.717) is 11.4 Å². The van der Waals surface area contributed by atoms with Crippen LogP contribution in [0.15, 0.2) is 46.9 Å². The van der Waals surface area contributed by atoms with Crippen LogP contribution in [0.1, 0.15) is 17.3 Å². The maximum absolute atomic E-state index is 12.6. The molecule has 0 aliphatic heterocycles. The number of anilines is 2. The van der Waals surface area contributed by atoms with Gasteiger partial charge in [-0.1, -0.05) is 22.0 Å². The number of carbonyl (C=O) groups is 3. The van der Waals surface area contributed by atoms with Crippen molar-refractivity contribution in [3.8, 4) is 5.75 Å². The van der Waals surface area contributed by atoms with Gasteiger partial charge in [0.1, 0.15) is 11.6 Å². The van der Waals surface area contributed by atoms with E-state index in [1.807, 2.05) is 6.07 Å². The summed E-state index contributed by atoms with van der Waals surface area (Å²) in [5.41, 5.74) is 1.02. The molecule has 0 fully saturated rings. The number of benzene rings is 2. The molecule has 25 heavy (non-hydrogen) atoms. The smallest absolute Gasteiger partial charge is 0.308 e. The third-order valence-electron chi connectivity index (χ3n) is 2.97. The molecule has 2 N–H and O–H groups in total. The topological polar surface area (TPSA) is 84.5 Å². The van der Waals surface area contributed by atoms with E-state index >= 15 is 0 Å². The zero-order chi connectivity index (χ0) is 18.4. The van der Waals surface area contributed by atoms with E-state index in [4.69, 9.17) is 16.3 Å². The number of alkyl halides is 1. The summed E-state index contributed by atoms with van der Waals surface area (Å²) in [5, 5.41) is 5.25. The number of carbonyl (C=O) groups excluding carboxylic acids is 3. The summed E-state index contributed by atoms with van der Waals surface area (Å²) in [6.07, 6.45) is 0. The Kier molecular flexibility index (Phi) is 6.55. The van der Waals surface area contributed by atoms with Gasteiger partial charge in [-0.2, -0.15) is 0 Å². The standard InChI is InChI=1S/C17H14BrClN2O4/c1-10(22)25-15-6-5-13(20-16(23)9-19)8-14(15)17(24)21-12-4-2-3-11(18)7-12/h2-8H,9H2,1H3,(H,20,23)(H,21,24). The maximum atomic E-state index is 12.6. The van der Waals surface area contributed by atoms with Crippen molar-refractivity contribution in [3.63, 3.8) is 0 Å². The van der Waals surface area contributed by atoms with Crippen molar-refractivity contribution in [3.05, 3.63) is 52.5 Å². The predicted octanol–water partition coefficient (Wildman–Crippen LogP) is 3.80. The third kappa shape index (κ3) is 5.58. The van der Waals surface area contributed by atoms with Crippen LogP contribution in [0.3, 0.4) is 0 Å².